The first-order chi connectivity index (χ1) is 8.12. The minimum atomic E-state index is -4.67. The van der Waals surface area contributed by atoms with Crippen molar-refractivity contribution in [3.8, 4) is 0 Å². The van der Waals surface area contributed by atoms with Crippen LogP contribution in [0, 0.1) is 0 Å². The Morgan fingerprint density at radius 1 is 0.947 bits per heavy atom. The topological polar surface area (TPSA) is 30.8 Å². The Balaban J connectivity index is 4.99. The third kappa shape index (κ3) is 11.9. The van der Waals surface area contributed by atoms with E-state index >= 15 is 0 Å². The normalized spacial score (nSPS) is 14.6. The molecule has 0 aromatic heterocycles. The average Bonchev–Trinajstić information content (AvgIpc) is 2.07. The molecule has 116 valence electrons. The smallest absolute Gasteiger partial charge is 0.307 e. The summed E-state index contributed by atoms with van der Waals surface area (Å²) in [5, 5.41) is 0. The van der Waals surface area contributed by atoms with Crippen molar-refractivity contribution in [3.63, 3.8) is 0 Å². The summed E-state index contributed by atoms with van der Waals surface area (Å²) in [6.07, 6.45) is -13.1. The molecule has 0 aromatic rings. The molecule has 0 aliphatic rings. The van der Waals surface area contributed by atoms with Crippen molar-refractivity contribution in [3.05, 3.63) is 0 Å². The quantitative estimate of drug-likeness (QED) is 0.358. The monoisotopic (exact) mass is 395 g/mol. The fourth-order valence-electron chi connectivity index (χ4n) is 0.759. The van der Waals surface area contributed by atoms with Gasteiger partial charge in [-0.3, -0.25) is 4.41 Å². The van der Waals surface area contributed by atoms with Crippen molar-refractivity contribution in [2.45, 2.75) is 32.0 Å². The number of hydrogen-bond acceptors (Lipinski definition) is 3. The Morgan fingerprint density at radius 2 is 1.26 bits per heavy atom. The van der Waals surface area contributed by atoms with E-state index in [0.29, 0.717) is 0 Å². The summed E-state index contributed by atoms with van der Waals surface area (Å²) in [6, 6.07) is 0. The number of hydrogen-bond donors (Lipinski definition) is 0. The van der Waals surface area contributed by atoms with Gasteiger partial charge in [0.15, 0.2) is 21.4 Å². The molecule has 0 amide bonds. The van der Waals surface area contributed by atoms with E-state index in [1.54, 1.807) is 19.6 Å². The maximum Gasteiger partial charge on any atom is 0.412 e. The minimum Gasteiger partial charge on any atom is -0.307 e. The maximum absolute atomic E-state index is 12.1. The van der Waals surface area contributed by atoms with Crippen molar-refractivity contribution >= 4 is 29.9 Å². The molecule has 0 unspecified atom stereocenters. The Labute approximate surface area is 115 Å². The highest BCUT2D eigenvalue weighted by atomic mass is 79.9. The molecule has 0 saturated heterocycles. The van der Waals surface area contributed by atoms with Crippen LogP contribution in [0.25, 0.3) is 0 Å². The lowest BCUT2D eigenvalue weighted by atomic mass is 10.7. The van der Waals surface area contributed by atoms with Gasteiger partial charge in [0.05, 0.1) is 0 Å². The predicted molar refractivity (Wildman–Crippen MR) is 65.6 cm³/mol. The molecule has 0 atom stereocenters. The van der Waals surface area contributed by atoms with Crippen LogP contribution in [-0.2, 0) is 9.05 Å². The number of alkyl halides is 6. The van der Waals surface area contributed by atoms with E-state index in [-0.39, 0.29) is 0 Å². The van der Waals surface area contributed by atoms with Gasteiger partial charge in [-0.2, -0.15) is 26.3 Å². The summed E-state index contributed by atoms with van der Waals surface area (Å²) in [4.78, 5) is 0. The second kappa shape index (κ2) is 6.46. The highest BCUT2D eigenvalue weighted by Crippen LogP contribution is 2.61. The number of nitrogens with zero attached hydrogens (tertiary/aromatic N) is 1. The van der Waals surface area contributed by atoms with Gasteiger partial charge in [-0.05, 0) is 19.6 Å². The van der Waals surface area contributed by atoms with Crippen LogP contribution >= 0.6 is 21.7 Å². The van der Waals surface area contributed by atoms with Gasteiger partial charge in [-0.25, -0.2) is 0 Å². The van der Waals surface area contributed by atoms with Crippen molar-refractivity contribution in [1.82, 2.24) is 0 Å². The van der Waals surface area contributed by atoms with Crippen LogP contribution in [-0.4, -0.2) is 33.8 Å². The third-order valence-corrected chi connectivity index (χ3v) is 8.10. The zero-order chi connectivity index (χ0) is 15.5. The molecule has 0 rings (SSSR count). The van der Waals surface area contributed by atoms with Crippen molar-refractivity contribution < 1.29 is 35.4 Å². The molecule has 3 nitrogen and oxygen atoms in total. The molecule has 12 heteroatoms. The van der Waals surface area contributed by atoms with E-state index in [1.807, 2.05) is 0 Å². The Kier molecular flexibility index (Phi) is 6.61. The predicted octanol–water partition coefficient (Wildman–Crippen LogP) is 5.32. The molecule has 0 saturated carbocycles. The van der Waals surface area contributed by atoms with Crippen molar-refractivity contribution in [2.75, 3.05) is 13.2 Å². The fraction of sp³-hybridized carbons (Fsp3) is 1.00. The summed E-state index contributed by atoms with van der Waals surface area (Å²) < 4.78 is 85.0. The molecule has 0 N–H and O–H groups in total. The standard InChI is InChI=1S/C7H13BrF6NO2PSi/c1-19(2,3)15-18(8,16-4-6(9,10)11)17-5-7(12,13)14/h4-5H2,1-3H3. The molecule has 0 aliphatic carbocycles. The van der Waals surface area contributed by atoms with Crippen LogP contribution in [0.2, 0.25) is 19.6 Å². The molecule has 0 heterocycles. The van der Waals surface area contributed by atoms with Gasteiger partial charge in [-0.1, -0.05) is 0 Å². The van der Waals surface area contributed by atoms with Gasteiger partial charge < -0.3 is 9.05 Å². The average molecular weight is 396 g/mol. The molecule has 0 aliphatic heterocycles. The molecule has 0 fully saturated rings. The lowest BCUT2D eigenvalue weighted by molar-refractivity contribution is -0.162. The molecule has 19 heavy (non-hydrogen) atoms. The van der Waals surface area contributed by atoms with Gasteiger partial charge >= 0.3 is 12.4 Å². The summed E-state index contributed by atoms with van der Waals surface area (Å²) in [5.41, 5.74) is 0. The van der Waals surface area contributed by atoms with Gasteiger partial charge in [-0.15, -0.1) is 0 Å². The van der Waals surface area contributed by atoms with E-state index in [0.717, 1.165) is 0 Å². The third-order valence-electron chi connectivity index (χ3n) is 1.19. The fourth-order valence-corrected chi connectivity index (χ4v) is 9.67. The minimum absolute atomic E-state index is 1.64. The van der Waals surface area contributed by atoms with Crippen LogP contribution in [0.5, 0.6) is 0 Å². The second-order valence-electron chi connectivity index (χ2n) is 4.50. The molecule has 0 bridgehead atoms. The van der Waals surface area contributed by atoms with E-state index in [2.05, 4.69) is 28.9 Å². The first-order valence-electron chi connectivity index (χ1n) is 4.88. The van der Waals surface area contributed by atoms with Gasteiger partial charge in [0.1, 0.15) is 0 Å². The largest absolute Gasteiger partial charge is 0.412 e. The Bertz CT molecular complexity index is 331. The lowest BCUT2D eigenvalue weighted by Crippen LogP contribution is -2.21. The van der Waals surface area contributed by atoms with Crippen molar-refractivity contribution in [1.29, 1.82) is 0 Å². The van der Waals surface area contributed by atoms with Crippen LogP contribution in [0.3, 0.4) is 0 Å². The maximum atomic E-state index is 12.1. The molecule has 0 spiro atoms. The van der Waals surface area contributed by atoms with E-state index in [1.165, 1.54) is 0 Å². The lowest BCUT2D eigenvalue weighted by Gasteiger charge is -2.23. The van der Waals surface area contributed by atoms with E-state index in [4.69, 9.17) is 0 Å². The summed E-state index contributed by atoms with van der Waals surface area (Å²) >= 11 is 2.66. The zero-order valence-electron chi connectivity index (χ0n) is 10.3. The summed E-state index contributed by atoms with van der Waals surface area (Å²) in [5.74, 6) is 0. The van der Waals surface area contributed by atoms with Gasteiger partial charge in [0, 0.05) is 15.5 Å². The second-order valence-corrected chi connectivity index (χ2v) is 13.7. The Hall–Kier alpha value is 0.427. The van der Waals surface area contributed by atoms with Crippen LogP contribution in [0.1, 0.15) is 0 Å². The first-order valence-corrected chi connectivity index (χ1v) is 11.9. The SMILES string of the molecule is C[Si](C)(C)N=P(Br)(OCC(F)(F)F)OCC(F)(F)F. The molecular weight excluding hydrogens is 383 g/mol. The van der Waals surface area contributed by atoms with Crippen molar-refractivity contribution in [2.24, 2.45) is 4.41 Å². The Morgan fingerprint density at radius 3 is 1.47 bits per heavy atom. The van der Waals surface area contributed by atoms with Gasteiger partial charge in [0.25, 0.3) is 6.21 Å². The zero-order valence-corrected chi connectivity index (χ0v) is 13.8. The highest BCUT2D eigenvalue weighted by Gasteiger charge is 2.36. The van der Waals surface area contributed by atoms with Crippen LogP contribution in [0.15, 0.2) is 4.41 Å². The molecule has 0 radical (unpaired) electrons. The number of halogens is 7. The summed E-state index contributed by atoms with van der Waals surface area (Å²) in [6.45, 7) is 1.46. The number of rotatable bonds is 5. The van der Waals surface area contributed by atoms with E-state index in [9.17, 15) is 26.3 Å². The van der Waals surface area contributed by atoms with Gasteiger partial charge in [0.2, 0.25) is 0 Å². The first kappa shape index (κ1) is 19.4. The highest BCUT2D eigenvalue weighted by molar-refractivity contribution is 9.39. The molecular formula is C7H13BrF6NO2PSi. The van der Waals surface area contributed by atoms with Crippen LogP contribution in [0.4, 0.5) is 26.3 Å². The van der Waals surface area contributed by atoms with Crippen LogP contribution < -0.4 is 0 Å². The van der Waals surface area contributed by atoms with E-state index < -0.39 is 40.0 Å². The summed E-state index contributed by atoms with van der Waals surface area (Å²) in [7, 11) is -2.34. The molecule has 0 aromatic carbocycles.